The molecule has 3 aliphatic rings. The molecule has 0 aromatic heterocycles. The molecule has 2 fully saturated rings. The normalized spacial score (nSPS) is 22.3. The number of nitrogens with one attached hydrogen (secondary N) is 1. The van der Waals surface area contributed by atoms with Crippen LogP contribution in [0.2, 0.25) is 0 Å². The number of halogens is 1. The van der Waals surface area contributed by atoms with E-state index in [1.165, 1.54) is 11.0 Å². The standard InChI is InChI=1S/C21H26FN3O6S/c22-16-11-15-14(12-25(21(15)28)17-3-4-19(26)23-20(17)27)10-18(16)24-7-5-13(6-8-24)2-1-9-32(29,30)31/h10-11,13,17H,1-9,12H2,(H,23,26,27)(H,29,30,31). The lowest BCUT2D eigenvalue weighted by Crippen LogP contribution is -2.52. The summed E-state index contributed by atoms with van der Waals surface area (Å²) in [6.07, 6.45) is 3.07. The van der Waals surface area contributed by atoms with Crippen molar-refractivity contribution in [3.63, 3.8) is 0 Å². The van der Waals surface area contributed by atoms with Gasteiger partial charge in [-0.3, -0.25) is 24.3 Å². The van der Waals surface area contributed by atoms with Crippen molar-refractivity contribution in [2.24, 2.45) is 5.92 Å². The maximum atomic E-state index is 14.9. The summed E-state index contributed by atoms with van der Waals surface area (Å²) in [7, 11) is -3.95. The minimum atomic E-state index is -3.95. The SMILES string of the molecule is O=C1CCC(N2Cc3cc(N4CCC(CCCS(=O)(=O)O)CC4)c(F)cc3C2=O)C(=O)N1. The summed E-state index contributed by atoms with van der Waals surface area (Å²) in [4.78, 5) is 39.7. The van der Waals surface area contributed by atoms with E-state index < -0.39 is 33.8 Å². The number of hydrogen-bond acceptors (Lipinski definition) is 6. The molecule has 1 aromatic rings. The molecule has 0 saturated carbocycles. The molecule has 0 spiro atoms. The van der Waals surface area contributed by atoms with Gasteiger partial charge in [0.15, 0.2) is 0 Å². The van der Waals surface area contributed by atoms with Crippen LogP contribution in [0.5, 0.6) is 0 Å². The van der Waals surface area contributed by atoms with Crippen LogP contribution in [0.15, 0.2) is 12.1 Å². The molecule has 4 rings (SSSR count). The topological polar surface area (TPSA) is 124 Å². The van der Waals surface area contributed by atoms with Crippen molar-refractivity contribution in [1.29, 1.82) is 0 Å². The van der Waals surface area contributed by atoms with Gasteiger partial charge in [0.05, 0.1) is 11.4 Å². The molecule has 0 aliphatic carbocycles. The van der Waals surface area contributed by atoms with Crippen molar-refractivity contribution in [2.45, 2.75) is 51.1 Å². The summed E-state index contributed by atoms with van der Waals surface area (Å²) in [6, 6.07) is 2.17. The van der Waals surface area contributed by atoms with Crippen molar-refractivity contribution in [2.75, 3.05) is 23.7 Å². The number of amides is 3. The fourth-order valence-electron chi connectivity index (χ4n) is 4.84. The molecule has 0 bridgehead atoms. The molecule has 32 heavy (non-hydrogen) atoms. The third-order valence-corrected chi connectivity index (χ3v) is 7.37. The molecule has 3 amide bonds. The number of piperidine rings is 2. The van der Waals surface area contributed by atoms with Crippen LogP contribution in [-0.4, -0.2) is 60.5 Å². The summed E-state index contributed by atoms with van der Waals surface area (Å²) < 4.78 is 45.5. The predicted molar refractivity (Wildman–Crippen MR) is 113 cm³/mol. The third-order valence-electron chi connectivity index (χ3n) is 6.56. The van der Waals surface area contributed by atoms with Gasteiger partial charge in [-0.15, -0.1) is 0 Å². The van der Waals surface area contributed by atoms with E-state index in [2.05, 4.69) is 5.32 Å². The Kier molecular flexibility index (Phi) is 6.22. The molecular weight excluding hydrogens is 441 g/mol. The lowest BCUT2D eigenvalue weighted by atomic mass is 9.92. The first kappa shape index (κ1) is 22.7. The number of carbonyl (C=O) groups excluding carboxylic acids is 3. The van der Waals surface area contributed by atoms with E-state index >= 15 is 0 Å². The molecule has 1 aromatic carbocycles. The van der Waals surface area contributed by atoms with E-state index in [9.17, 15) is 27.2 Å². The molecule has 0 radical (unpaired) electrons. The Morgan fingerprint density at radius 3 is 2.50 bits per heavy atom. The van der Waals surface area contributed by atoms with Crippen LogP contribution in [0, 0.1) is 11.7 Å². The van der Waals surface area contributed by atoms with Gasteiger partial charge >= 0.3 is 0 Å². The highest BCUT2D eigenvalue weighted by Crippen LogP contribution is 2.34. The summed E-state index contributed by atoms with van der Waals surface area (Å²) in [5, 5.41) is 2.25. The smallest absolute Gasteiger partial charge is 0.264 e. The zero-order valence-corrected chi connectivity index (χ0v) is 18.4. The zero-order valence-electron chi connectivity index (χ0n) is 17.5. The Morgan fingerprint density at radius 2 is 1.84 bits per heavy atom. The second-order valence-corrected chi connectivity index (χ2v) is 10.3. The van der Waals surface area contributed by atoms with Crippen molar-refractivity contribution in [1.82, 2.24) is 10.2 Å². The highest BCUT2D eigenvalue weighted by molar-refractivity contribution is 7.85. The summed E-state index contributed by atoms with van der Waals surface area (Å²) in [5.41, 5.74) is 1.32. The molecule has 174 valence electrons. The van der Waals surface area contributed by atoms with Crippen LogP contribution in [-0.2, 0) is 26.3 Å². The number of anilines is 1. The molecule has 3 aliphatic heterocycles. The number of carbonyl (C=O) groups is 3. The van der Waals surface area contributed by atoms with Crippen LogP contribution in [0.4, 0.5) is 10.1 Å². The largest absolute Gasteiger partial charge is 0.369 e. The minimum absolute atomic E-state index is 0.162. The Hall–Kier alpha value is -2.53. The Bertz CT molecular complexity index is 1050. The average Bonchev–Trinajstić information content (AvgIpc) is 3.03. The number of benzene rings is 1. The van der Waals surface area contributed by atoms with Gasteiger partial charge in [-0.1, -0.05) is 0 Å². The Balaban J connectivity index is 1.41. The number of hydrogen-bond donors (Lipinski definition) is 2. The van der Waals surface area contributed by atoms with E-state index in [0.717, 1.165) is 12.8 Å². The van der Waals surface area contributed by atoms with Gasteiger partial charge < -0.3 is 9.80 Å². The zero-order chi connectivity index (χ0) is 23.0. The molecule has 3 heterocycles. The van der Waals surface area contributed by atoms with Crippen LogP contribution >= 0.6 is 0 Å². The summed E-state index contributed by atoms with van der Waals surface area (Å²) in [5.74, 6) is -1.69. The van der Waals surface area contributed by atoms with Crippen molar-refractivity contribution in [3.8, 4) is 0 Å². The molecule has 2 saturated heterocycles. The molecule has 9 nitrogen and oxygen atoms in total. The molecule has 11 heteroatoms. The summed E-state index contributed by atoms with van der Waals surface area (Å²) >= 11 is 0. The van der Waals surface area contributed by atoms with E-state index in [4.69, 9.17) is 4.55 Å². The van der Waals surface area contributed by atoms with Gasteiger partial charge in [0, 0.05) is 31.6 Å². The fourth-order valence-corrected chi connectivity index (χ4v) is 5.37. The first-order chi connectivity index (χ1) is 15.1. The second kappa shape index (κ2) is 8.78. The van der Waals surface area contributed by atoms with Crippen molar-refractivity contribution >= 4 is 33.5 Å². The molecular formula is C21H26FN3O6S. The second-order valence-electron chi connectivity index (χ2n) is 8.72. The monoisotopic (exact) mass is 467 g/mol. The van der Waals surface area contributed by atoms with Crippen LogP contribution < -0.4 is 10.2 Å². The lowest BCUT2D eigenvalue weighted by Gasteiger charge is -2.34. The third kappa shape index (κ3) is 4.78. The number of rotatable bonds is 6. The van der Waals surface area contributed by atoms with Gasteiger partial charge in [-0.05, 0) is 55.7 Å². The van der Waals surface area contributed by atoms with Crippen LogP contribution in [0.1, 0.15) is 54.4 Å². The lowest BCUT2D eigenvalue weighted by molar-refractivity contribution is -0.136. The maximum absolute atomic E-state index is 14.9. The molecule has 2 N–H and O–H groups in total. The maximum Gasteiger partial charge on any atom is 0.264 e. The Morgan fingerprint density at radius 1 is 1.12 bits per heavy atom. The van der Waals surface area contributed by atoms with Gasteiger partial charge in [0.2, 0.25) is 11.8 Å². The highest BCUT2D eigenvalue weighted by Gasteiger charge is 2.40. The first-order valence-corrected chi connectivity index (χ1v) is 12.4. The average molecular weight is 468 g/mol. The number of imide groups is 1. The predicted octanol–water partition coefficient (Wildman–Crippen LogP) is 1.47. The van der Waals surface area contributed by atoms with Crippen molar-refractivity contribution < 1.29 is 31.7 Å². The van der Waals surface area contributed by atoms with E-state index in [1.54, 1.807) is 6.07 Å². The minimum Gasteiger partial charge on any atom is -0.369 e. The number of fused-ring (bicyclic) bond motifs is 1. The van der Waals surface area contributed by atoms with Gasteiger partial charge in [-0.2, -0.15) is 8.42 Å². The van der Waals surface area contributed by atoms with E-state index in [-0.39, 0.29) is 36.6 Å². The fraction of sp³-hybridized carbons (Fsp3) is 0.571. The summed E-state index contributed by atoms with van der Waals surface area (Å²) in [6.45, 7) is 1.41. The van der Waals surface area contributed by atoms with Crippen LogP contribution in [0.3, 0.4) is 0 Å². The number of nitrogens with zero attached hydrogens (tertiary/aromatic N) is 2. The van der Waals surface area contributed by atoms with Crippen LogP contribution in [0.25, 0.3) is 0 Å². The Labute approximate surface area is 185 Å². The van der Waals surface area contributed by atoms with E-state index in [1.807, 2.05) is 4.90 Å². The van der Waals surface area contributed by atoms with Gasteiger partial charge in [0.25, 0.3) is 16.0 Å². The van der Waals surface area contributed by atoms with Gasteiger partial charge in [-0.25, -0.2) is 4.39 Å². The first-order valence-electron chi connectivity index (χ1n) is 10.8. The molecule has 1 atom stereocenters. The quantitative estimate of drug-likeness (QED) is 0.480. The van der Waals surface area contributed by atoms with E-state index in [0.29, 0.717) is 43.1 Å². The van der Waals surface area contributed by atoms with Crippen molar-refractivity contribution in [3.05, 3.63) is 29.1 Å². The highest BCUT2D eigenvalue weighted by atomic mass is 32.2. The van der Waals surface area contributed by atoms with Gasteiger partial charge in [0.1, 0.15) is 11.9 Å². The molecule has 1 unspecified atom stereocenters.